The maximum Gasteiger partial charge on any atom is 0.407 e. The molecule has 1 aromatic rings. The van der Waals surface area contributed by atoms with Gasteiger partial charge in [-0.2, -0.15) is 0 Å². The molecule has 1 amide bonds. The second kappa shape index (κ2) is 6.73. The Balaban J connectivity index is 2.61. The van der Waals surface area contributed by atoms with Crippen molar-refractivity contribution < 1.29 is 24.1 Å². The van der Waals surface area contributed by atoms with Gasteiger partial charge in [-0.25, -0.2) is 9.18 Å². The van der Waals surface area contributed by atoms with Crippen molar-refractivity contribution in [2.24, 2.45) is 0 Å². The summed E-state index contributed by atoms with van der Waals surface area (Å²) in [6, 6.07) is 3.68. The van der Waals surface area contributed by atoms with Gasteiger partial charge in [0.25, 0.3) is 0 Å². The maximum absolute atomic E-state index is 13.6. The van der Waals surface area contributed by atoms with E-state index >= 15 is 0 Å². The van der Waals surface area contributed by atoms with Crippen LogP contribution < -0.4 is 11.1 Å². The summed E-state index contributed by atoms with van der Waals surface area (Å²) in [7, 11) is 0. The molecule has 1 aromatic carbocycles. The number of anilines is 1. The number of nitrogens with one attached hydrogen (secondary N) is 1. The van der Waals surface area contributed by atoms with Crippen LogP contribution in [-0.2, 0) is 4.74 Å². The minimum atomic E-state index is -1.51. The number of benzene rings is 1. The monoisotopic (exact) mass is 300 g/mol. The van der Waals surface area contributed by atoms with Crippen LogP contribution in [0.4, 0.5) is 14.9 Å². The van der Waals surface area contributed by atoms with Crippen LogP contribution >= 0.6 is 0 Å². The Labute approximate surface area is 122 Å². The first kappa shape index (κ1) is 17.2. The van der Waals surface area contributed by atoms with E-state index in [1.807, 2.05) is 0 Å². The van der Waals surface area contributed by atoms with Gasteiger partial charge in [0.05, 0.1) is 0 Å². The Morgan fingerprint density at radius 1 is 1.43 bits per heavy atom. The molecule has 21 heavy (non-hydrogen) atoms. The van der Waals surface area contributed by atoms with Crippen LogP contribution in [0.2, 0.25) is 0 Å². The van der Waals surface area contributed by atoms with Crippen molar-refractivity contribution >= 4 is 11.8 Å². The lowest BCUT2D eigenvalue weighted by molar-refractivity contribution is 0.0113. The first-order valence-corrected chi connectivity index (χ1v) is 6.48. The summed E-state index contributed by atoms with van der Waals surface area (Å²) >= 11 is 0. The van der Waals surface area contributed by atoms with Gasteiger partial charge in [-0.1, -0.05) is 0 Å². The molecule has 5 N–H and O–H groups in total. The molecule has 1 rings (SSSR count). The zero-order valence-electron chi connectivity index (χ0n) is 12.3. The average Bonchev–Trinajstić information content (AvgIpc) is 2.36. The lowest BCUT2D eigenvalue weighted by atomic mass is 10.0. The number of rotatable bonds is 4. The number of halogens is 1. The highest BCUT2D eigenvalue weighted by Gasteiger charge is 2.23. The number of alkyl carbamates (subject to hydrolysis) is 1. The van der Waals surface area contributed by atoms with Gasteiger partial charge in [0.2, 0.25) is 0 Å². The number of hydrogen-bond acceptors (Lipinski definition) is 5. The minimum absolute atomic E-state index is 0.131. The van der Waals surface area contributed by atoms with Crippen LogP contribution in [0.3, 0.4) is 0 Å². The van der Waals surface area contributed by atoms with Crippen molar-refractivity contribution in [2.45, 2.75) is 38.6 Å². The number of amides is 1. The molecule has 0 aromatic heterocycles. The summed E-state index contributed by atoms with van der Waals surface area (Å²) in [5.74, 6) is -0.687. The van der Waals surface area contributed by atoms with Crippen LogP contribution in [0.25, 0.3) is 0 Å². The van der Waals surface area contributed by atoms with Gasteiger partial charge in [-0.15, -0.1) is 0 Å². The van der Waals surface area contributed by atoms with Crippen LogP contribution in [0, 0.1) is 5.82 Å². The number of ether oxygens (including phenoxy) is 1. The number of nitrogen functional groups attached to an aromatic ring is 1. The Kier molecular flexibility index (Phi) is 5.51. The van der Waals surface area contributed by atoms with E-state index in [9.17, 15) is 19.4 Å². The zero-order chi connectivity index (χ0) is 16.2. The van der Waals surface area contributed by atoms with Gasteiger partial charge >= 0.3 is 6.09 Å². The second-order valence-electron chi connectivity index (χ2n) is 5.68. The number of carbonyl (C=O) groups is 1. The predicted octanol–water partition coefficient (Wildman–Crippen LogP) is 1.33. The van der Waals surface area contributed by atoms with Gasteiger partial charge < -0.3 is 26.0 Å². The fraction of sp³-hybridized carbons (Fsp3) is 0.500. The predicted molar refractivity (Wildman–Crippen MR) is 76.0 cm³/mol. The fourth-order valence-corrected chi connectivity index (χ4v) is 1.61. The molecule has 118 valence electrons. The van der Waals surface area contributed by atoms with E-state index in [0.717, 1.165) is 6.07 Å². The summed E-state index contributed by atoms with van der Waals surface area (Å²) in [5.41, 5.74) is 4.97. The quantitative estimate of drug-likeness (QED) is 0.628. The van der Waals surface area contributed by atoms with Crippen molar-refractivity contribution in [3.8, 4) is 0 Å². The van der Waals surface area contributed by atoms with Crippen LogP contribution in [0.15, 0.2) is 18.2 Å². The normalized spacial score (nSPS) is 14.4. The van der Waals surface area contributed by atoms with E-state index in [2.05, 4.69) is 5.32 Å². The number of carbonyl (C=O) groups excluding carboxylic acids is 1. The molecule has 0 aliphatic heterocycles. The molecule has 0 bridgehead atoms. The topological polar surface area (TPSA) is 105 Å². The van der Waals surface area contributed by atoms with E-state index in [-0.39, 0.29) is 17.8 Å². The highest BCUT2D eigenvalue weighted by atomic mass is 19.1. The third kappa shape index (κ3) is 5.57. The summed E-state index contributed by atoms with van der Waals surface area (Å²) in [4.78, 5) is 11.4. The van der Waals surface area contributed by atoms with Crippen LogP contribution in [-0.4, -0.2) is 34.6 Å². The first-order chi connectivity index (χ1) is 9.60. The molecular weight excluding hydrogens is 279 g/mol. The highest BCUT2D eigenvalue weighted by molar-refractivity contribution is 5.67. The Bertz CT molecular complexity index is 502. The lowest BCUT2D eigenvalue weighted by Crippen LogP contribution is -2.39. The summed E-state index contributed by atoms with van der Waals surface area (Å²) in [5, 5.41) is 22.0. The lowest BCUT2D eigenvalue weighted by Gasteiger charge is -2.22. The SMILES string of the molecule is CC(C)(C)OC(=O)NCC(O)C(O)c1cc(N)ccc1F. The van der Waals surface area contributed by atoms with Gasteiger partial charge in [0.15, 0.2) is 0 Å². The summed E-state index contributed by atoms with van der Waals surface area (Å²) in [6.45, 7) is 4.80. The molecule has 7 heteroatoms. The van der Waals surface area contributed by atoms with Crippen molar-refractivity contribution in [3.63, 3.8) is 0 Å². The smallest absolute Gasteiger partial charge is 0.407 e. The van der Waals surface area contributed by atoms with Crippen molar-refractivity contribution in [3.05, 3.63) is 29.6 Å². The summed E-state index contributed by atoms with van der Waals surface area (Å²) < 4.78 is 18.5. The highest BCUT2D eigenvalue weighted by Crippen LogP contribution is 2.22. The largest absolute Gasteiger partial charge is 0.444 e. The van der Waals surface area contributed by atoms with Gasteiger partial charge in [-0.05, 0) is 39.0 Å². The molecule has 0 saturated heterocycles. The fourth-order valence-electron chi connectivity index (χ4n) is 1.61. The van der Waals surface area contributed by atoms with E-state index in [4.69, 9.17) is 10.5 Å². The minimum Gasteiger partial charge on any atom is -0.444 e. The molecular formula is C14H21FN2O4. The van der Waals surface area contributed by atoms with Crippen LogP contribution in [0.1, 0.15) is 32.4 Å². The van der Waals surface area contributed by atoms with Crippen molar-refractivity contribution in [1.29, 1.82) is 0 Å². The average molecular weight is 300 g/mol. The second-order valence-corrected chi connectivity index (χ2v) is 5.68. The van der Waals surface area contributed by atoms with E-state index < -0.39 is 29.7 Å². The van der Waals surface area contributed by atoms with Gasteiger partial charge in [0.1, 0.15) is 23.6 Å². The molecule has 0 fully saturated rings. The molecule has 0 heterocycles. The summed E-state index contributed by atoms with van der Waals surface area (Å²) in [6.07, 6.45) is -3.64. The van der Waals surface area contributed by atoms with Gasteiger partial charge in [0, 0.05) is 17.8 Å². The molecule has 0 spiro atoms. The molecule has 0 radical (unpaired) electrons. The third-order valence-corrected chi connectivity index (χ3v) is 2.56. The molecule has 6 nitrogen and oxygen atoms in total. The van der Waals surface area contributed by atoms with Crippen molar-refractivity contribution in [1.82, 2.24) is 5.32 Å². The number of aliphatic hydroxyl groups is 2. The number of nitrogens with two attached hydrogens (primary N) is 1. The zero-order valence-corrected chi connectivity index (χ0v) is 12.3. The number of hydrogen-bond donors (Lipinski definition) is 4. The Morgan fingerprint density at radius 2 is 2.05 bits per heavy atom. The number of aliphatic hydroxyl groups excluding tert-OH is 2. The Hall–Kier alpha value is -1.86. The third-order valence-electron chi connectivity index (χ3n) is 2.56. The first-order valence-electron chi connectivity index (χ1n) is 6.48. The van der Waals surface area contributed by atoms with Crippen molar-refractivity contribution in [2.75, 3.05) is 12.3 Å². The molecule has 2 atom stereocenters. The van der Waals surface area contributed by atoms with Crippen LogP contribution in [0.5, 0.6) is 0 Å². The van der Waals surface area contributed by atoms with Gasteiger partial charge in [-0.3, -0.25) is 0 Å². The molecule has 0 saturated carbocycles. The molecule has 2 unspecified atom stereocenters. The van der Waals surface area contributed by atoms with E-state index in [0.29, 0.717) is 0 Å². The molecule has 0 aliphatic carbocycles. The van der Waals surface area contributed by atoms with E-state index in [1.54, 1.807) is 20.8 Å². The van der Waals surface area contributed by atoms with E-state index in [1.165, 1.54) is 12.1 Å². The molecule has 0 aliphatic rings. The standard InChI is InChI=1S/C14H21FN2O4/c1-14(2,3)21-13(20)17-7-11(18)12(19)9-6-8(16)4-5-10(9)15/h4-6,11-12,18-19H,7,16H2,1-3H3,(H,17,20). The maximum atomic E-state index is 13.6. The Morgan fingerprint density at radius 3 is 2.62 bits per heavy atom.